The van der Waals surface area contributed by atoms with Crippen molar-refractivity contribution in [2.45, 2.75) is 39.2 Å². The lowest BCUT2D eigenvalue weighted by Gasteiger charge is -2.16. The second-order valence-corrected chi connectivity index (χ2v) is 6.73. The van der Waals surface area contributed by atoms with E-state index in [1.54, 1.807) is 28.9 Å². The minimum absolute atomic E-state index is 0.0288. The molecule has 21 heavy (non-hydrogen) atoms. The fourth-order valence-corrected chi connectivity index (χ4v) is 3.52. The average Bonchev–Trinajstić information content (AvgIpc) is 3.13. The van der Waals surface area contributed by atoms with Crippen molar-refractivity contribution in [2.24, 2.45) is 0 Å². The van der Waals surface area contributed by atoms with Crippen molar-refractivity contribution in [1.82, 2.24) is 20.6 Å². The Labute approximate surface area is 132 Å². The third-order valence-electron chi connectivity index (χ3n) is 3.09. The third-order valence-corrected chi connectivity index (χ3v) is 5.17. The molecule has 2 aromatic heterocycles. The summed E-state index contributed by atoms with van der Waals surface area (Å²) in [5.74, 6) is 0.220. The Morgan fingerprint density at radius 2 is 2.19 bits per heavy atom. The van der Waals surface area contributed by atoms with Gasteiger partial charge in [0.25, 0.3) is 0 Å². The molecule has 5 nitrogen and oxygen atoms in total. The molecule has 0 fully saturated rings. The predicted octanol–water partition coefficient (Wildman–Crippen LogP) is 3.46. The van der Waals surface area contributed by atoms with Gasteiger partial charge in [-0.05, 0) is 13.3 Å². The first kappa shape index (κ1) is 15.9. The van der Waals surface area contributed by atoms with Crippen LogP contribution in [-0.4, -0.2) is 22.5 Å². The van der Waals surface area contributed by atoms with Crippen LogP contribution in [0.4, 0.5) is 4.79 Å². The van der Waals surface area contributed by atoms with Crippen LogP contribution in [-0.2, 0) is 0 Å². The molecule has 0 bridgehead atoms. The van der Waals surface area contributed by atoms with Gasteiger partial charge in [-0.2, -0.15) is 0 Å². The smallest absolute Gasteiger partial charge is 0.315 e. The number of amides is 2. The van der Waals surface area contributed by atoms with Crippen molar-refractivity contribution in [3.63, 3.8) is 0 Å². The van der Waals surface area contributed by atoms with E-state index in [-0.39, 0.29) is 18.0 Å². The molecular weight excluding hydrogens is 304 g/mol. The Morgan fingerprint density at radius 1 is 1.38 bits per heavy atom. The van der Waals surface area contributed by atoms with Gasteiger partial charge in [0, 0.05) is 35.1 Å². The normalized spacial score (nSPS) is 13.7. The molecule has 0 aliphatic rings. The quantitative estimate of drug-likeness (QED) is 0.855. The van der Waals surface area contributed by atoms with Crippen LogP contribution >= 0.6 is 22.7 Å². The van der Waals surface area contributed by atoms with Gasteiger partial charge in [-0.25, -0.2) is 14.8 Å². The molecule has 0 aliphatic carbocycles. The van der Waals surface area contributed by atoms with Crippen molar-refractivity contribution in [2.75, 3.05) is 6.54 Å². The highest BCUT2D eigenvalue weighted by Gasteiger charge is 2.16. The van der Waals surface area contributed by atoms with Crippen molar-refractivity contribution in [3.05, 3.63) is 32.7 Å². The summed E-state index contributed by atoms with van der Waals surface area (Å²) in [5, 5.41) is 11.8. The summed E-state index contributed by atoms with van der Waals surface area (Å²) in [6.45, 7) is 6.63. The second kappa shape index (κ2) is 7.51. The molecule has 2 N–H and O–H groups in total. The first-order valence-corrected chi connectivity index (χ1v) is 8.71. The van der Waals surface area contributed by atoms with Crippen LogP contribution in [0.25, 0.3) is 0 Å². The summed E-state index contributed by atoms with van der Waals surface area (Å²) in [5.41, 5.74) is 0.994. The predicted molar refractivity (Wildman–Crippen MR) is 86.9 cm³/mol. The third kappa shape index (κ3) is 4.50. The van der Waals surface area contributed by atoms with Crippen LogP contribution in [0.1, 0.15) is 47.9 Å². The second-order valence-electron chi connectivity index (χ2n) is 4.91. The van der Waals surface area contributed by atoms with E-state index in [9.17, 15) is 4.79 Å². The molecule has 0 spiro atoms. The number of urea groups is 1. The molecule has 7 heteroatoms. The van der Waals surface area contributed by atoms with Gasteiger partial charge < -0.3 is 10.6 Å². The number of nitrogens with zero attached hydrogens (tertiary/aromatic N) is 2. The lowest BCUT2D eigenvalue weighted by Crippen LogP contribution is -2.39. The van der Waals surface area contributed by atoms with E-state index in [0.717, 1.165) is 22.1 Å². The Bertz CT molecular complexity index is 567. The average molecular weight is 324 g/mol. The van der Waals surface area contributed by atoms with Crippen LogP contribution in [0.5, 0.6) is 0 Å². The highest BCUT2D eigenvalue weighted by molar-refractivity contribution is 7.10. The molecule has 0 saturated heterocycles. The van der Waals surface area contributed by atoms with E-state index >= 15 is 0 Å². The Kier molecular flexibility index (Phi) is 5.69. The minimum Gasteiger partial charge on any atom is -0.337 e. The largest absolute Gasteiger partial charge is 0.337 e. The number of aromatic nitrogens is 2. The zero-order valence-electron chi connectivity index (χ0n) is 12.4. The summed E-state index contributed by atoms with van der Waals surface area (Å²) in [4.78, 5) is 20.7. The van der Waals surface area contributed by atoms with Gasteiger partial charge in [0.15, 0.2) is 0 Å². The van der Waals surface area contributed by atoms with Gasteiger partial charge >= 0.3 is 6.03 Å². The molecule has 0 aliphatic heterocycles. The van der Waals surface area contributed by atoms with E-state index in [0.29, 0.717) is 6.54 Å². The number of aryl methyl sites for hydroxylation is 1. The molecule has 2 aromatic rings. The Hall–Kier alpha value is -1.47. The molecule has 2 unspecified atom stereocenters. The van der Waals surface area contributed by atoms with Gasteiger partial charge in [-0.1, -0.05) is 13.8 Å². The minimum atomic E-state index is -0.155. The molecule has 2 heterocycles. The monoisotopic (exact) mass is 324 g/mol. The van der Waals surface area contributed by atoms with Gasteiger partial charge in [-0.15, -0.1) is 22.7 Å². The number of rotatable bonds is 6. The van der Waals surface area contributed by atoms with Crippen molar-refractivity contribution >= 4 is 28.7 Å². The van der Waals surface area contributed by atoms with Crippen LogP contribution in [0.3, 0.4) is 0 Å². The Balaban J connectivity index is 1.83. The molecule has 0 saturated carbocycles. The van der Waals surface area contributed by atoms with Crippen molar-refractivity contribution in [3.8, 4) is 0 Å². The maximum Gasteiger partial charge on any atom is 0.315 e. The van der Waals surface area contributed by atoms with E-state index in [2.05, 4.69) is 27.5 Å². The zero-order chi connectivity index (χ0) is 15.2. The van der Waals surface area contributed by atoms with Crippen LogP contribution in [0, 0.1) is 6.92 Å². The molecular formula is C14H20N4OS2. The number of hydrogen-bond acceptors (Lipinski definition) is 5. The summed E-state index contributed by atoms with van der Waals surface area (Å²) in [6.07, 6.45) is 2.61. The summed E-state index contributed by atoms with van der Waals surface area (Å²) >= 11 is 3.19. The lowest BCUT2D eigenvalue weighted by atomic mass is 10.2. The van der Waals surface area contributed by atoms with E-state index in [1.807, 2.05) is 24.6 Å². The number of nitrogens with one attached hydrogen (secondary N) is 2. The van der Waals surface area contributed by atoms with Crippen LogP contribution < -0.4 is 10.6 Å². The fourth-order valence-electron chi connectivity index (χ4n) is 1.89. The van der Waals surface area contributed by atoms with Gasteiger partial charge in [0.2, 0.25) is 0 Å². The van der Waals surface area contributed by atoms with E-state index < -0.39 is 0 Å². The topological polar surface area (TPSA) is 66.9 Å². The number of thiazole rings is 2. The van der Waals surface area contributed by atoms with E-state index in [4.69, 9.17) is 0 Å². The zero-order valence-corrected chi connectivity index (χ0v) is 14.1. The van der Waals surface area contributed by atoms with Crippen LogP contribution in [0.2, 0.25) is 0 Å². The lowest BCUT2D eigenvalue weighted by molar-refractivity contribution is 0.236. The summed E-state index contributed by atoms with van der Waals surface area (Å²) in [6, 6.07) is -0.183. The van der Waals surface area contributed by atoms with Crippen LogP contribution in [0.15, 0.2) is 17.0 Å². The highest BCUT2D eigenvalue weighted by atomic mass is 32.1. The molecule has 0 radical (unpaired) electrons. The summed E-state index contributed by atoms with van der Waals surface area (Å²) < 4.78 is 0. The van der Waals surface area contributed by atoms with Crippen molar-refractivity contribution < 1.29 is 4.79 Å². The summed E-state index contributed by atoms with van der Waals surface area (Å²) in [7, 11) is 0. The first-order valence-electron chi connectivity index (χ1n) is 6.96. The first-order chi connectivity index (χ1) is 10.1. The molecule has 114 valence electrons. The van der Waals surface area contributed by atoms with Gasteiger partial charge in [0.05, 0.1) is 11.0 Å². The maximum absolute atomic E-state index is 12.0. The fraction of sp³-hybridized carbons (Fsp3) is 0.500. The SMILES string of the molecule is CCC(NC(=O)NCC(C)c1nccs1)c1nc(C)cs1. The molecule has 2 rings (SSSR count). The highest BCUT2D eigenvalue weighted by Crippen LogP contribution is 2.21. The molecule has 0 aromatic carbocycles. The molecule has 2 amide bonds. The van der Waals surface area contributed by atoms with Gasteiger partial charge in [0.1, 0.15) is 5.01 Å². The van der Waals surface area contributed by atoms with Crippen molar-refractivity contribution in [1.29, 1.82) is 0 Å². The molecule has 2 atom stereocenters. The number of carbonyl (C=O) groups is 1. The number of carbonyl (C=O) groups excluding carboxylic acids is 1. The van der Waals surface area contributed by atoms with Gasteiger partial charge in [-0.3, -0.25) is 0 Å². The standard InChI is InChI=1S/C14H20N4OS2/c1-4-11(13-17-10(3)8-21-13)18-14(19)16-7-9(2)12-15-5-6-20-12/h5-6,8-9,11H,4,7H2,1-3H3,(H2,16,18,19). The Morgan fingerprint density at radius 3 is 2.76 bits per heavy atom. The maximum atomic E-state index is 12.0. The van der Waals surface area contributed by atoms with E-state index in [1.165, 1.54) is 0 Å². The number of hydrogen-bond donors (Lipinski definition) is 2.